The second-order valence-corrected chi connectivity index (χ2v) is 10.3. The summed E-state index contributed by atoms with van der Waals surface area (Å²) >= 11 is 0. The lowest BCUT2D eigenvalue weighted by Crippen LogP contribution is -2.49. The van der Waals surface area contributed by atoms with Gasteiger partial charge in [-0.05, 0) is 30.9 Å². The van der Waals surface area contributed by atoms with Crippen LogP contribution in [-0.2, 0) is 27.9 Å². The first-order valence-electron chi connectivity index (χ1n) is 10.8. The molecule has 8 nitrogen and oxygen atoms in total. The van der Waals surface area contributed by atoms with Crippen LogP contribution >= 0.6 is 0 Å². The summed E-state index contributed by atoms with van der Waals surface area (Å²) < 4.78 is 65.7. The number of alkyl halides is 3. The maximum absolute atomic E-state index is 13.5. The Labute approximate surface area is 190 Å². The number of H-pyrrole nitrogens is 1. The lowest BCUT2D eigenvalue weighted by atomic mass is 10.1. The summed E-state index contributed by atoms with van der Waals surface area (Å²) in [5.74, 6) is -0.182. The van der Waals surface area contributed by atoms with E-state index in [1.54, 1.807) is 35.4 Å². The number of imidazole rings is 1. The normalized spacial score (nSPS) is 20.4. The van der Waals surface area contributed by atoms with Crippen LogP contribution in [0, 0.1) is 0 Å². The Balaban J connectivity index is 1.73. The highest BCUT2D eigenvalue weighted by molar-refractivity contribution is 7.89. The number of aromatic nitrogens is 2. The number of halogens is 3. The van der Waals surface area contributed by atoms with Gasteiger partial charge in [0.2, 0.25) is 5.91 Å². The lowest BCUT2D eigenvalue weighted by molar-refractivity contribution is -0.132. The fraction of sp³-hybridized carbons (Fsp3) is 0.524. The summed E-state index contributed by atoms with van der Waals surface area (Å²) in [5, 5.41) is 0. The molecule has 1 aromatic carbocycles. The zero-order valence-corrected chi connectivity index (χ0v) is 18.8. The molecule has 1 unspecified atom stereocenters. The molecule has 180 valence electrons. The van der Waals surface area contributed by atoms with E-state index < -0.39 is 34.7 Å². The van der Waals surface area contributed by atoms with Gasteiger partial charge in [-0.1, -0.05) is 18.2 Å². The number of hydrogen-bond acceptors (Lipinski definition) is 5. The molecule has 12 heteroatoms. The maximum Gasteiger partial charge on any atom is 0.511 e. The van der Waals surface area contributed by atoms with Crippen LogP contribution < -0.4 is 4.90 Å². The fourth-order valence-corrected chi connectivity index (χ4v) is 5.43. The summed E-state index contributed by atoms with van der Waals surface area (Å²) in [4.78, 5) is 23.6. The van der Waals surface area contributed by atoms with E-state index >= 15 is 0 Å². The van der Waals surface area contributed by atoms with Gasteiger partial charge in [0.15, 0.2) is 0 Å². The topological polar surface area (TPSA) is 89.6 Å². The van der Waals surface area contributed by atoms with Gasteiger partial charge in [0, 0.05) is 44.5 Å². The molecule has 1 saturated heterocycles. The predicted molar refractivity (Wildman–Crippen MR) is 115 cm³/mol. The largest absolute Gasteiger partial charge is 0.511 e. The van der Waals surface area contributed by atoms with Crippen molar-refractivity contribution in [1.82, 2.24) is 19.2 Å². The van der Waals surface area contributed by atoms with Crippen molar-refractivity contribution in [2.75, 3.05) is 24.5 Å². The van der Waals surface area contributed by atoms with E-state index in [9.17, 15) is 26.4 Å². The van der Waals surface area contributed by atoms with Crippen LogP contribution in [0.3, 0.4) is 0 Å². The van der Waals surface area contributed by atoms with Gasteiger partial charge in [0.05, 0.1) is 24.6 Å². The van der Waals surface area contributed by atoms with E-state index in [0.29, 0.717) is 34.3 Å². The average molecular weight is 486 g/mol. The minimum absolute atomic E-state index is 0.0909. The molecule has 0 spiro atoms. The monoisotopic (exact) mass is 485 g/mol. The van der Waals surface area contributed by atoms with Crippen LogP contribution in [0.2, 0.25) is 0 Å². The van der Waals surface area contributed by atoms with Crippen molar-refractivity contribution in [1.29, 1.82) is 0 Å². The van der Waals surface area contributed by atoms with Gasteiger partial charge in [-0.15, -0.1) is 0 Å². The van der Waals surface area contributed by atoms with Gasteiger partial charge in [-0.2, -0.15) is 17.5 Å². The molecule has 1 N–H and O–H groups in total. The molecule has 2 aromatic rings. The van der Waals surface area contributed by atoms with Gasteiger partial charge < -0.3 is 14.8 Å². The van der Waals surface area contributed by atoms with Crippen LogP contribution in [0.15, 0.2) is 36.8 Å². The molecule has 0 bridgehead atoms. The summed E-state index contributed by atoms with van der Waals surface area (Å²) in [6.07, 6.45) is 5.79. The highest BCUT2D eigenvalue weighted by Gasteiger charge is 2.51. The maximum atomic E-state index is 13.5. The summed E-state index contributed by atoms with van der Waals surface area (Å²) in [6, 6.07) is 5.97. The number of fused-ring (bicyclic) bond motifs is 1. The van der Waals surface area contributed by atoms with Crippen molar-refractivity contribution in [2.24, 2.45) is 0 Å². The van der Waals surface area contributed by atoms with Gasteiger partial charge in [0.1, 0.15) is 0 Å². The fourth-order valence-electron chi connectivity index (χ4n) is 4.46. The Kier molecular flexibility index (Phi) is 6.66. The molecular weight excluding hydrogens is 459 g/mol. The molecule has 3 heterocycles. The van der Waals surface area contributed by atoms with Crippen LogP contribution in [-0.4, -0.2) is 64.7 Å². The molecular formula is C21H26F3N5O3S. The quantitative estimate of drug-likeness (QED) is 0.704. The number of para-hydroxylation sites is 1. The van der Waals surface area contributed by atoms with Crippen LogP contribution in [0.25, 0.3) is 0 Å². The molecule has 0 aliphatic carbocycles. The minimum atomic E-state index is -5.58. The average Bonchev–Trinajstić information content (AvgIpc) is 3.24. The molecule has 1 aromatic heterocycles. The number of likely N-dealkylation sites (tertiary alicyclic amines) is 1. The lowest BCUT2D eigenvalue weighted by Gasteiger charge is -2.35. The zero-order chi connectivity index (χ0) is 23.6. The number of carbonyl (C=O) groups is 1. The number of anilines is 1. The zero-order valence-electron chi connectivity index (χ0n) is 18.0. The molecule has 1 amide bonds. The number of hydrogen-bond donors (Lipinski definition) is 1. The molecule has 0 saturated carbocycles. The van der Waals surface area contributed by atoms with Gasteiger partial charge in [0.25, 0.3) is 0 Å². The van der Waals surface area contributed by atoms with Crippen molar-refractivity contribution < 1.29 is 26.4 Å². The highest BCUT2D eigenvalue weighted by atomic mass is 32.2. The van der Waals surface area contributed by atoms with E-state index in [-0.39, 0.29) is 18.9 Å². The molecule has 1 fully saturated rings. The van der Waals surface area contributed by atoms with Crippen molar-refractivity contribution in [3.63, 3.8) is 0 Å². The van der Waals surface area contributed by atoms with Crippen molar-refractivity contribution in [3.05, 3.63) is 48.0 Å². The number of piperidine rings is 1. The number of nitrogens with zero attached hydrogens (tertiary/aromatic N) is 4. The predicted octanol–water partition coefficient (Wildman–Crippen LogP) is 2.85. The molecule has 1 atom stereocenters. The molecule has 2 aliphatic rings. The number of nitrogens with one attached hydrogen (secondary N) is 1. The number of carbonyl (C=O) groups excluding carboxylic acids is 1. The first-order valence-corrected chi connectivity index (χ1v) is 12.3. The number of aromatic amines is 1. The summed E-state index contributed by atoms with van der Waals surface area (Å²) in [6.45, 7) is 0.575. The van der Waals surface area contributed by atoms with Crippen LogP contribution in [0.4, 0.5) is 18.9 Å². The molecule has 33 heavy (non-hydrogen) atoms. The first-order chi connectivity index (χ1) is 15.7. The first kappa shape index (κ1) is 23.6. The second-order valence-electron chi connectivity index (χ2n) is 8.38. The minimum Gasteiger partial charge on any atom is -0.361 e. The van der Waals surface area contributed by atoms with Gasteiger partial charge in [-0.3, -0.25) is 4.79 Å². The van der Waals surface area contributed by atoms with Crippen molar-refractivity contribution in [2.45, 2.75) is 50.3 Å². The Morgan fingerprint density at radius 1 is 1.15 bits per heavy atom. The number of rotatable bonds is 5. The highest BCUT2D eigenvalue weighted by Crippen LogP contribution is 2.35. The van der Waals surface area contributed by atoms with E-state index in [4.69, 9.17) is 0 Å². The third kappa shape index (κ3) is 5.01. The van der Waals surface area contributed by atoms with E-state index in [1.165, 1.54) is 6.33 Å². The van der Waals surface area contributed by atoms with Crippen LogP contribution in [0.1, 0.15) is 36.9 Å². The molecule has 2 aliphatic heterocycles. The van der Waals surface area contributed by atoms with Crippen LogP contribution in [0.5, 0.6) is 0 Å². The molecule has 4 rings (SSSR count). The Morgan fingerprint density at radius 3 is 2.55 bits per heavy atom. The smallest absolute Gasteiger partial charge is 0.361 e. The van der Waals surface area contributed by atoms with E-state index in [0.717, 1.165) is 19.3 Å². The van der Waals surface area contributed by atoms with E-state index in [1.807, 2.05) is 4.90 Å². The number of sulfonamides is 1. The van der Waals surface area contributed by atoms with Crippen molar-refractivity contribution in [3.8, 4) is 0 Å². The summed E-state index contributed by atoms with van der Waals surface area (Å²) in [7, 11) is -5.58. The van der Waals surface area contributed by atoms with Crippen molar-refractivity contribution >= 4 is 21.6 Å². The third-order valence-corrected chi connectivity index (χ3v) is 7.69. The van der Waals surface area contributed by atoms with Gasteiger partial charge in [-0.25, -0.2) is 13.4 Å². The Morgan fingerprint density at radius 2 is 1.88 bits per heavy atom. The number of amides is 1. The Bertz CT molecular complexity index is 1070. The Hall–Kier alpha value is -2.60. The number of benzene rings is 1. The van der Waals surface area contributed by atoms with E-state index in [2.05, 4.69) is 9.97 Å². The standard InChI is InChI=1S/C21H26F3N5O3S/c22-21(23,24)33(31,32)28-12-16-6-2-3-7-19(16)29(13-17-11-25-15-26-17)18(14-28)10-20(30)27-8-4-1-5-9-27/h2-3,6-7,11,15,18H,1,4-5,8-10,12-14H2,(H,25,26). The van der Waals surface area contributed by atoms with Gasteiger partial charge >= 0.3 is 15.5 Å². The summed E-state index contributed by atoms with van der Waals surface area (Å²) in [5.41, 5.74) is -3.68. The SMILES string of the molecule is O=C(CC1CN(S(=O)(=O)C(F)(F)F)Cc2ccccc2N1Cc1cnc[nH]1)N1CCCCC1. The second kappa shape index (κ2) is 9.34. The molecule has 0 radical (unpaired) electrons. The third-order valence-electron chi connectivity index (χ3n) is 6.15.